The second-order valence-electron chi connectivity index (χ2n) is 4.23. The van der Waals surface area contributed by atoms with E-state index in [1.807, 2.05) is 30.3 Å². The van der Waals surface area contributed by atoms with Crippen molar-refractivity contribution < 1.29 is 19.2 Å². The summed E-state index contributed by atoms with van der Waals surface area (Å²) in [6.07, 6.45) is 0. The van der Waals surface area contributed by atoms with E-state index in [4.69, 9.17) is 4.84 Å². The molecule has 0 bridgehead atoms. The predicted octanol–water partition coefficient (Wildman–Crippen LogP) is 2.13. The molecule has 21 heavy (non-hydrogen) atoms. The summed E-state index contributed by atoms with van der Waals surface area (Å²) in [6, 6.07) is 16.3. The van der Waals surface area contributed by atoms with Gasteiger partial charge in [-0.25, -0.2) is 10.3 Å². The Morgan fingerprint density at radius 1 is 1.00 bits per heavy atom. The molecule has 0 saturated heterocycles. The van der Waals surface area contributed by atoms with Crippen molar-refractivity contribution in [1.29, 1.82) is 0 Å². The van der Waals surface area contributed by atoms with Crippen LogP contribution in [0.5, 0.6) is 0 Å². The molecule has 0 spiro atoms. The average Bonchev–Trinajstić information content (AvgIpc) is 2.54. The van der Waals surface area contributed by atoms with Gasteiger partial charge in [-0.3, -0.25) is 9.63 Å². The molecule has 0 atom stereocenters. The third-order valence-electron chi connectivity index (χ3n) is 2.80. The minimum atomic E-state index is -0.393. The van der Waals surface area contributed by atoms with E-state index < -0.39 is 5.91 Å². The van der Waals surface area contributed by atoms with Crippen molar-refractivity contribution in [3.63, 3.8) is 0 Å². The zero-order chi connectivity index (χ0) is 14.9. The highest BCUT2D eigenvalue weighted by atomic mass is 16.6. The molecule has 2 aromatic carbocycles. The minimum absolute atomic E-state index is 0.00816. The van der Waals surface area contributed by atoms with Crippen LogP contribution < -0.4 is 5.48 Å². The van der Waals surface area contributed by atoms with E-state index >= 15 is 0 Å². The van der Waals surface area contributed by atoms with Crippen LogP contribution in [0.4, 0.5) is 0 Å². The molecule has 1 radical (unpaired) electrons. The maximum Gasteiger partial charge on any atom is 0.417 e. The maximum absolute atomic E-state index is 12.0. The molecule has 0 unspecified atom stereocenters. The summed E-state index contributed by atoms with van der Waals surface area (Å²) < 4.78 is 4.56. The molecule has 0 aliphatic rings. The number of ether oxygens (including phenoxy) is 1. The Hall–Kier alpha value is -2.66. The molecule has 0 aromatic heterocycles. The van der Waals surface area contributed by atoms with Gasteiger partial charge in [0.25, 0.3) is 5.91 Å². The molecule has 0 aliphatic heterocycles. The first-order valence-corrected chi connectivity index (χ1v) is 6.34. The van der Waals surface area contributed by atoms with Gasteiger partial charge in [-0.05, 0) is 11.6 Å². The smallest absolute Gasteiger partial charge is 0.417 e. The predicted molar refractivity (Wildman–Crippen MR) is 75.6 cm³/mol. The maximum atomic E-state index is 12.0. The SMILES string of the molecule is O=[C]OCc1ccccc1C(=O)NOCc1ccccc1. The van der Waals surface area contributed by atoms with Crippen LogP contribution in [0.15, 0.2) is 54.6 Å². The molecule has 0 fully saturated rings. The van der Waals surface area contributed by atoms with Gasteiger partial charge >= 0.3 is 6.47 Å². The van der Waals surface area contributed by atoms with Gasteiger partial charge < -0.3 is 4.74 Å². The van der Waals surface area contributed by atoms with Crippen molar-refractivity contribution in [2.24, 2.45) is 0 Å². The number of nitrogens with one attached hydrogen (secondary N) is 1. The Morgan fingerprint density at radius 2 is 1.71 bits per heavy atom. The van der Waals surface area contributed by atoms with Crippen LogP contribution >= 0.6 is 0 Å². The van der Waals surface area contributed by atoms with Crippen LogP contribution in [-0.2, 0) is 27.6 Å². The zero-order valence-electron chi connectivity index (χ0n) is 11.2. The molecule has 2 aromatic rings. The summed E-state index contributed by atoms with van der Waals surface area (Å²) in [6.45, 7) is 1.60. The summed E-state index contributed by atoms with van der Waals surface area (Å²) in [5.41, 5.74) is 4.29. The Morgan fingerprint density at radius 3 is 2.48 bits per heavy atom. The molecule has 5 nitrogen and oxygen atoms in total. The van der Waals surface area contributed by atoms with Gasteiger partial charge in [-0.2, -0.15) is 0 Å². The highest BCUT2D eigenvalue weighted by molar-refractivity contribution is 5.94. The standard InChI is InChI=1S/C16H14NO4/c18-12-20-11-14-8-4-5-9-15(14)16(19)17-21-10-13-6-2-1-3-7-13/h1-9H,10-11H2,(H,17,19). The van der Waals surface area contributed by atoms with Crippen LogP contribution in [0.3, 0.4) is 0 Å². The second-order valence-corrected chi connectivity index (χ2v) is 4.23. The third kappa shape index (κ3) is 4.43. The van der Waals surface area contributed by atoms with Crippen LogP contribution in [0, 0.1) is 0 Å². The van der Waals surface area contributed by atoms with Crippen molar-refractivity contribution in [3.8, 4) is 0 Å². The summed E-state index contributed by atoms with van der Waals surface area (Å²) in [7, 11) is 0. The number of rotatable bonds is 7. The molecule has 0 heterocycles. The molecular weight excluding hydrogens is 270 g/mol. The number of benzene rings is 2. The fraction of sp³-hybridized carbons (Fsp3) is 0.125. The molecule has 107 valence electrons. The van der Waals surface area contributed by atoms with E-state index in [1.165, 1.54) is 6.47 Å². The Balaban J connectivity index is 1.92. The van der Waals surface area contributed by atoms with Gasteiger partial charge in [0.15, 0.2) is 0 Å². The van der Waals surface area contributed by atoms with Gasteiger partial charge in [-0.1, -0.05) is 48.5 Å². The van der Waals surface area contributed by atoms with Crippen molar-refractivity contribution in [3.05, 3.63) is 71.3 Å². The van der Waals surface area contributed by atoms with E-state index in [0.29, 0.717) is 11.1 Å². The van der Waals surface area contributed by atoms with E-state index in [0.717, 1.165) is 5.56 Å². The summed E-state index contributed by atoms with van der Waals surface area (Å²) >= 11 is 0. The van der Waals surface area contributed by atoms with Crippen LogP contribution in [0.25, 0.3) is 0 Å². The largest absolute Gasteiger partial charge is 0.452 e. The number of carbonyl (C=O) groups excluding carboxylic acids is 2. The molecule has 1 N–H and O–H groups in total. The van der Waals surface area contributed by atoms with Crippen molar-refractivity contribution in [2.45, 2.75) is 13.2 Å². The number of hydrogen-bond donors (Lipinski definition) is 1. The summed E-state index contributed by atoms with van der Waals surface area (Å²) in [5, 5.41) is 0. The molecular formula is C16H14NO4. The minimum Gasteiger partial charge on any atom is -0.452 e. The molecule has 1 amide bonds. The van der Waals surface area contributed by atoms with E-state index in [2.05, 4.69) is 10.2 Å². The second kappa shape index (κ2) is 7.81. The summed E-state index contributed by atoms with van der Waals surface area (Å²) in [4.78, 5) is 27.3. The molecule has 0 aliphatic carbocycles. The number of amides is 1. The van der Waals surface area contributed by atoms with Crippen molar-refractivity contribution in [2.75, 3.05) is 0 Å². The number of hydroxylamine groups is 1. The van der Waals surface area contributed by atoms with Crippen molar-refractivity contribution in [1.82, 2.24) is 5.48 Å². The van der Waals surface area contributed by atoms with Gasteiger partial charge in [0.1, 0.15) is 6.61 Å². The normalized spacial score (nSPS) is 9.90. The first kappa shape index (κ1) is 14.7. The third-order valence-corrected chi connectivity index (χ3v) is 2.80. The Kier molecular flexibility index (Phi) is 5.49. The average molecular weight is 284 g/mol. The fourth-order valence-corrected chi connectivity index (χ4v) is 1.79. The van der Waals surface area contributed by atoms with Gasteiger partial charge in [0.2, 0.25) is 0 Å². The molecule has 2 rings (SSSR count). The van der Waals surface area contributed by atoms with E-state index in [9.17, 15) is 9.59 Å². The lowest BCUT2D eigenvalue weighted by Gasteiger charge is -2.09. The topological polar surface area (TPSA) is 64.6 Å². The van der Waals surface area contributed by atoms with Crippen LogP contribution in [0.1, 0.15) is 21.5 Å². The lowest BCUT2D eigenvalue weighted by Crippen LogP contribution is -2.24. The Bertz CT molecular complexity index is 598. The van der Waals surface area contributed by atoms with Gasteiger partial charge in [0.05, 0.1) is 6.61 Å². The fourth-order valence-electron chi connectivity index (χ4n) is 1.79. The van der Waals surface area contributed by atoms with E-state index in [-0.39, 0.29) is 13.2 Å². The number of hydrogen-bond acceptors (Lipinski definition) is 4. The summed E-state index contributed by atoms with van der Waals surface area (Å²) in [5.74, 6) is -0.393. The van der Waals surface area contributed by atoms with Gasteiger partial charge in [-0.15, -0.1) is 0 Å². The van der Waals surface area contributed by atoms with E-state index in [1.54, 1.807) is 24.3 Å². The first-order valence-electron chi connectivity index (χ1n) is 6.34. The first-order chi connectivity index (χ1) is 10.3. The quantitative estimate of drug-likeness (QED) is 0.791. The lowest BCUT2D eigenvalue weighted by molar-refractivity contribution is 0.0232. The van der Waals surface area contributed by atoms with Crippen LogP contribution in [0.2, 0.25) is 0 Å². The highest BCUT2D eigenvalue weighted by Gasteiger charge is 2.11. The molecule has 0 saturated carbocycles. The van der Waals surface area contributed by atoms with Gasteiger partial charge in [0, 0.05) is 11.1 Å². The van der Waals surface area contributed by atoms with Crippen LogP contribution in [-0.4, -0.2) is 12.4 Å². The monoisotopic (exact) mass is 284 g/mol. The number of carbonyl (C=O) groups is 1. The lowest BCUT2D eigenvalue weighted by atomic mass is 10.1. The molecule has 5 heteroatoms. The highest BCUT2D eigenvalue weighted by Crippen LogP contribution is 2.10. The van der Waals surface area contributed by atoms with Crippen molar-refractivity contribution >= 4 is 12.4 Å². The zero-order valence-corrected chi connectivity index (χ0v) is 11.2. The Labute approximate surface area is 122 Å².